The number of nitrogens with one attached hydrogen (secondary N) is 1. The van der Waals surface area contributed by atoms with Crippen LogP contribution in [0, 0.1) is 5.92 Å². The van der Waals surface area contributed by atoms with Gasteiger partial charge in [0.1, 0.15) is 5.75 Å². The molecule has 4 nitrogen and oxygen atoms in total. The van der Waals surface area contributed by atoms with Gasteiger partial charge in [0.05, 0.1) is 6.61 Å². The quantitative estimate of drug-likeness (QED) is 0.230. The first-order valence-electron chi connectivity index (χ1n) is 10.4. The Morgan fingerprint density at radius 3 is 2.41 bits per heavy atom. The molecule has 2 aromatic rings. The van der Waals surface area contributed by atoms with Gasteiger partial charge in [0.2, 0.25) is 0 Å². The van der Waals surface area contributed by atoms with Gasteiger partial charge < -0.3 is 15.2 Å². The molecular formula is C24H35NO3S. The lowest BCUT2D eigenvalue weighted by Gasteiger charge is -2.32. The minimum Gasteiger partial charge on any atom is -0.508 e. The van der Waals surface area contributed by atoms with Gasteiger partial charge in [-0.3, -0.25) is 4.79 Å². The molecule has 29 heavy (non-hydrogen) atoms. The summed E-state index contributed by atoms with van der Waals surface area (Å²) in [4.78, 5) is 10.2. The second-order valence-corrected chi connectivity index (χ2v) is 7.64. The molecule has 2 atom stereocenters. The molecule has 0 amide bonds. The molecule has 0 bridgehead atoms. The standard InChI is InChI=1S/C15H23NO.C6H6S.C3H6O2/c1-3-4-5-6-12-9-13-10-14(17)7-8-15(13)16-11(12)2;7-6-4-2-1-3-5-6;1-2-5-3-4/h7-8,10-12,16-17H,3-6,9H2,1-2H3;1-5,7H;3H,2H2,1H3/t11-,12-;;/m1../s1. The summed E-state index contributed by atoms with van der Waals surface area (Å²) >= 11 is 4.08. The van der Waals surface area contributed by atoms with E-state index in [4.69, 9.17) is 0 Å². The van der Waals surface area contributed by atoms with Crippen LogP contribution in [0.25, 0.3) is 0 Å². The Morgan fingerprint density at radius 1 is 1.17 bits per heavy atom. The topological polar surface area (TPSA) is 58.6 Å². The highest BCUT2D eigenvalue weighted by Crippen LogP contribution is 2.33. The molecular weight excluding hydrogens is 382 g/mol. The lowest BCUT2D eigenvalue weighted by Crippen LogP contribution is -2.32. The fraction of sp³-hybridized carbons (Fsp3) is 0.458. The number of benzene rings is 2. The Balaban J connectivity index is 0.000000288. The summed E-state index contributed by atoms with van der Waals surface area (Å²) in [6, 6.07) is 16.0. The predicted molar refractivity (Wildman–Crippen MR) is 124 cm³/mol. The number of aromatic hydroxyl groups is 1. The molecule has 0 aromatic heterocycles. The van der Waals surface area contributed by atoms with Gasteiger partial charge in [-0.1, -0.05) is 44.4 Å². The van der Waals surface area contributed by atoms with Crippen molar-refractivity contribution < 1.29 is 14.6 Å². The number of carbonyl (C=O) groups is 1. The van der Waals surface area contributed by atoms with E-state index >= 15 is 0 Å². The van der Waals surface area contributed by atoms with Gasteiger partial charge in [0, 0.05) is 16.6 Å². The van der Waals surface area contributed by atoms with Crippen LogP contribution in [0.2, 0.25) is 0 Å². The number of ether oxygens (including phenoxy) is 1. The van der Waals surface area contributed by atoms with Gasteiger partial charge in [-0.2, -0.15) is 0 Å². The van der Waals surface area contributed by atoms with Gasteiger partial charge in [0.15, 0.2) is 0 Å². The number of phenols is 1. The monoisotopic (exact) mass is 417 g/mol. The zero-order valence-corrected chi connectivity index (χ0v) is 18.7. The third kappa shape index (κ3) is 10.3. The summed E-state index contributed by atoms with van der Waals surface area (Å²) in [7, 11) is 0. The largest absolute Gasteiger partial charge is 0.508 e. The van der Waals surface area contributed by atoms with Gasteiger partial charge in [-0.25, -0.2) is 0 Å². The van der Waals surface area contributed by atoms with E-state index < -0.39 is 0 Å². The Bertz CT molecular complexity index is 694. The molecule has 1 aliphatic heterocycles. The maximum Gasteiger partial charge on any atom is 0.293 e. The molecule has 1 heterocycles. The summed E-state index contributed by atoms with van der Waals surface area (Å²) in [6.07, 6.45) is 6.32. The Hall–Kier alpha value is -2.14. The third-order valence-electron chi connectivity index (χ3n) is 4.83. The van der Waals surface area contributed by atoms with Crippen molar-refractivity contribution in [3.63, 3.8) is 0 Å². The fourth-order valence-electron chi connectivity index (χ4n) is 3.22. The minimum atomic E-state index is 0.382. The molecule has 0 fully saturated rings. The van der Waals surface area contributed by atoms with Crippen LogP contribution in [-0.4, -0.2) is 24.2 Å². The number of phenolic OH excluding ortho intramolecular Hbond substituents is 1. The van der Waals surface area contributed by atoms with E-state index in [1.54, 1.807) is 13.0 Å². The van der Waals surface area contributed by atoms with Crippen LogP contribution in [0.1, 0.15) is 52.0 Å². The molecule has 0 spiro atoms. The number of rotatable bonds is 6. The summed E-state index contributed by atoms with van der Waals surface area (Å²) in [5.74, 6) is 1.09. The number of anilines is 1. The van der Waals surface area contributed by atoms with Gasteiger partial charge in [0.25, 0.3) is 6.47 Å². The number of hydrogen-bond donors (Lipinski definition) is 3. The molecule has 3 rings (SSSR count). The van der Waals surface area contributed by atoms with Gasteiger partial charge in [-0.05, 0) is 68.5 Å². The van der Waals surface area contributed by atoms with Crippen molar-refractivity contribution in [3.05, 3.63) is 54.1 Å². The summed E-state index contributed by atoms with van der Waals surface area (Å²) in [5, 5.41) is 13.1. The van der Waals surface area contributed by atoms with Crippen molar-refractivity contribution in [2.75, 3.05) is 11.9 Å². The third-order valence-corrected chi connectivity index (χ3v) is 5.13. The molecule has 5 heteroatoms. The second kappa shape index (κ2) is 14.8. The average Bonchev–Trinajstić information content (AvgIpc) is 2.71. The molecule has 160 valence electrons. The van der Waals surface area contributed by atoms with E-state index in [0.29, 0.717) is 30.8 Å². The van der Waals surface area contributed by atoms with Crippen LogP contribution < -0.4 is 5.32 Å². The Morgan fingerprint density at radius 2 is 1.90 bits per heavy atom. The molecule has 2 N–H and O–H groups in total. The number of thiol groups is 1. The Labute approximate surface area is 181 Å². The van der Waals surface area contributed by atoms with E-state index in [2.05, 4.69) is 36.5 Å². The van der Waals surface area contributed by atoms with Crippen LogP contribution in [0.3, 0.4) is 0 Å². The number of carbonyl (C=O) groups excluding carboxylic acids is 1. The van der Waals surface area contributed by atoms with E-state index in [9.17, 15) is 9.90 Å². The average molecular weight is 418 g/mol. The number of unbranched alkanes of at least 4 members (excludes halogenated alkanes) is 2. The summed E-state index contributed by atoms with van der Waals surface area (Å²) in [5.41, 5.74) is 2.46. The molecule has 0 unspecified atom stereocenters. The van der Waals surface area contributed by atoms with Crippen molar-refractivity contribution in [2.45, 2.75) is 63.8 Å². The molecule has 0 saturated carbocycles. The zero-order chi connectivity index (χ0) is 21.5. The van der Waals surface area contributed by atoms with E-state index in [-0.39, 0.29) is 0 Å². The zero-order valence-electron chi connectivity index (χ0n) is 17.8. The SMILES string of the molecule is CCCCC[C@@H]1Cc2cc(O)ccc2N[C@@H]1C.CCOC=O.Sc1ccccc1. The van der Waals surface area contributed by atoms with Crippen LogP contribution in [0.5, 0.6) is 5.75 Å². The van der Waals surface area contributed by atoms with Crippen molar-refractivity contribution >= 4 is 24.8 Å². The highest BCUT2D eigenvalue weighted by molar-refractivity contribution is 7.80. The normalized spacial score (nSPS) is 16.7. The van der Waals surface area contributed by atoms with Crippen LogP contribution in [0.15, 0.2) is 53.4 Å². The fourth-order valence-corrected chi connectivity index (χ4v) is 3.39. The van der Waals surface area contributed by atoms with Crippen LogP contribution >= 0.6 is 12.6 Å². The van der Waals surface area contributed by atoms with Gasteiger partial charge in [-0.15, -0.1) is 12.6 Å². The minimum absolute atomic E-state index is 0.382. The molecule has 1 aliphatic rings. The molecule has 0 saturated heterocycles. The molecule has 0 radical (unpaired) electrons. The number of hydrogen-bond acceptors (Lipinski definition) is 5. The van der Waals surface area contributed by atoms with E-state index in [1.807, 2.05) is 42.5 Å². The first-order chi connectivity index (χ1) is 14.0. The summed E-state index contributed by atoms with van der Waals surface area (Å²) < 4.78 is 4.15. The lowest BCUT2D eigenvalue weighted by atomic mass is 9.84. The molecule has 2 aromatic carbocycles. The lowest BCUT2D eigenvalue weighted by molar-refractivity contribution is -0.128. The van der Waals surface area contributed by atoms with Crippen LogP contribution in [-0.2, 0) is 16.0 Å². The Kier molecular flexibility index (Phi) is 12.7. The van der Waals surface area contributed by atoms with Gasteiger partial charge >= 0.3 is 0 Å². The van der Waals surface area contributed by atoms with Crippen molar-refractivity contribution in [3.8, 4) is 5.75 Å². The van der Waals surface area contributed by atoms with Crippen molar-refractivity contribution in [1.82, 2.24) is 0 Å². The van der Waals surface area contributed by atoms with E-state index in [0.717, 1.165) is 11.3 Å². The maximum absolute atomic E-state index is 9.53. The molecule has 0 aliphatic carbocycles. The first kappa shape index (κ1) is 24.9. The smallest absolute Gasteiger partial charge is 0.293 e. The highest BCUT2D eigenvalue weighted by Gasteiger charge is 2.24. The first-order valence-corrected chi connectivity index (χ1v) is 10.8. The number of fused-ring (bicyclic) bond motifs is 1. The maximum atomic E-state index is 9.53. The van der Waals surface area contributed by atoms with Crippen LogP contribution in [0.4, 0.5) is 5.69 Å². The highest BCUT2D eigenvalue weighted by atomic mass is 32.1. The predicted octanol–water partition coefficient (Wildman–Crippen LogP) is 6.10. The van der Waals surface area contributed by atoms with Crippen molar-refractivity contribution in [1.29, 1.82) is 0 Å². The van der Waals surface area contributed by atoms with E-state index in [1.165, 1.54) is 36.9 Å². The van der Waals surface area contributed by atoms with Crippen molar-refractivity contribution in [2.24, 2.45) is 5.92 Å². The summed E-state index contributed by atoms with van der Waals surface area (Å²) in [6.45, 7) is 7.18. The second-order valence-electron chi connectivity index (χ2n) is 7.12.